The molecule has 1 heterocycles. The number of ether oxygens (including phenoxy) is 1. The van der Waals surface area contributed by atoms with Crippen LogP contribution >= 0.6 is 0 Å². The number of benzene rings is 1. The first kappa shape index (κ1) is 16.1. The number of amides is 1. The van der Waals surface area contributed by atoms with Crippen LogP contribution in [0, 0.1) is 27.7 Å². The summed E-state index contributed by atoms with van der Waals surface area (Å²) in [5.74, 6) is 0.790. The SMILES string of the molecule is Cc1cccc(C)c1OCCNC(=O)c1c(C)nn(C)c1C. The molecule has 0 aliphatic rings. The number of rotatable bonds is 5. The van der Waals surface area contributed by atoms with Gasteiger partial charge in [-0.05, 0) is 38.8 Å². The van der Waals surface area contributed by atoms with Gasteiger partial charge in [-0.25, -0.2) is 0 Å². The van der Waals surface area contributed by atoms with E-state index in [4.69, 9.17) is 4.74 Å². The van der Waals surface area contributed by atoms with E-state index in [0.717, 1.165) is 28.3 Å². The summed E-state index contributed by atoms with van der Waals surface area (Å²) in [6.45, 7) is 8.67. The monoisotopic (exact) mass is 301 g/mol. The van der Waals surface area contributed by atoms with E-state index < -0.39 is 0 Å². The number of hydrogen-bond acceptors (Lipinski definition) is 3. The number of nitrogens with one attached hydrogen (secondary N) is 1. The highest BCUT2D eigenvalue weighted by atomic mass is 16.5. The number of hydrogen-bond donors (Lipinski definition) is 1. The topological polar surface area (TPSA) is 56.1 Å². The predicted octanol–water partition coefficient (Wildman–Crippen LogP) is 2.46. The van der Waals surface area contributed by atoms with Crippen LogP contribution in [0.4, 0.5) is 0 Å². The second-order valence-electron chi connectivity index (χ2n) is 5.49. The summed E-state index contributed by atoms with van der Waals surface area (Å²) < 4.78 is 7.50. The van der Waals surface area contributed by atoms with Crippen molar-refractivity contribution >= 4 is 5.91 Å². The van der Waals surface area contributed by atoms with Crippen LogP contribution in [-0.2, 0) is 7.05 Å². The standard InChI is InChI=1S/C17H23N3O2/c1-11-7-6-8-12(2)16(11)22-10-9-18-17(21)15-13(3)19-20(5)14(15)4/h6-8H,9-10H2,1-5H3,(H,18,21). The molecule has 5 nitrogen and oxygen atoms in total. The van der Waals surface area contributed by atoms with E-state index in [2.05, 4.69) is 10.4 Å². The molecule has 0 aliphatic carbocycles. The largest absolute Gasteiger partial charge is 0.491 e. The average molecular weight is 301 g/mol. The zero-order valence-electron chi connectivity index (χ0n) is 13.9. The van der Waals surface area contributed by atoms with Crippen molar-refractivity contribution in [3.8, 4) is 5.75 Å². The lowest BCUT2D eigenvalue weighted by atomic mass is 10.1. The molecule has 0 atom stereocenters. The van der Waals surface area contributed by atoms with Gasteiger partial charge in [-0.1, -0.05) is 18.2 Å². The summed E-state index contributed by atoms with van der Waals surface area (Å²) in [6, 6.07) is 6.04. The summed E-state index contributed by atoms with van der Waals surface area (Å²) in [4.78, 5) is 12.2. The third-order valence-corrected chi connectivity index (χ3v) is 3.78. The van der Waals surface area contributed by atoms with Crippen molar-refractivity contribution in [1.82, 2.24) is 15.1 Å². The van der Waals surface area contributed by atoms with Gasteiger partial charge >= 0.3 is 0 Å². The lowest BCUT2D eigenvalue weighted by Crippen LogP contribution is -2.29. The number of carbonyl (C=O) groups is 1. The second kappa shape index (κ2) is 6.64. The Labute approximate surface area is 131 Å². The smallest absolute Gasteiger partial charge is 0.255 e. The van der Waals surface area contributed by atoms with Crippen LogP contribution in [0.15, 0.2) is 18.2 Å². The molecule has 0 saturated heterocycles. The molecule has 1 amide bonds. The zero-order chi connectivity index (χ0) is 16.3. The molecule has 0 unspecified atom stereocenters. The molecule has 0 saturated carbocycles. The fourth-order valence-electron chi connectivity index (χ4n) is 2.54. The maximum Gasteiger partial charge on any atom is 0.255 e. The van der Waals surface area contributed by atoms with Crippen LogP contribution in [0.3, 0.4) is 0 Å². The maximum absolute atomic E-state index is 12.2. The van der Waals surface area contributed by atoms with E-state index >= 15 is 0 Å². The first-order valence-electron chi connectivity index (χ1n) is 7.39. The van der Waals surface area contributed by atoms with Crippen LogP contribution in [0.1, 0.15) is 32.9 Å². The van der Waals surface area contributed by atoms with E-state index in [1.165, 1.54) is 0 Å². The zero-order valence-corrected chi connectivity index (χ0v) is 13.9. The van der Waals surface area contributed by atoms with Crippen LogP contribution in [0.25, 0.3) is 0 Å². The summed E-state index contributed by atoms with van der Waals surface area (Å²) in [7, 11) is 1.84. The molecule has 2 aromatic rings. The van der Waals surface area contributed by atoms with Crippen molar-refractivity contribution in [3.05, 3.63) is 46.3 Å². The molecular formula is C17H23N3O2. The lowest BCUT2D eigenvalue weighted by molar-refractivity contribution is 0.0945. The highest BCUT2D eigenvalue weighted by molar-refractivity contribution is 5.96. The van der Waals surface area contributed by atoms with Gasteiger partial charge in [-0.15, -0.1) is 0 Å². The molecule has 5 heteroatoms. The Morgan fingerprint density at radius 1 is 1.23 bits per heavy atom. The minimum atomic E-state index is -0.104. The summed E-state index contributed by atoms with van der Waals surface area (Å²) in [5, 5.41) is 7.14. The highest BCUT2D eigenvalue weighted by Crippen LogP contribution is 2.21. The van der Waals surface area contributed by atoms with Crippen molar-refractivity contribution in [3.63, 3.8) is 0 Å². The molecule has 118 valence electrons. The Morgan fingerprint density at radius 3 is 2.41 bits per heavy atom. The first-order valence-corrected chi connectivity index (χ1v) is 7.39. The second-order valence-corrected chi connectivity index (χ2v) is 5.49. The van der Waals surface area contributed by atoms with Gasteiger partial charge in [-0.2, -0.15) is 5.10 Å². The summed E-state index contributed by atoms with van der Waals surface area (Å²) in [5.41, 5.74) is 4.46. The summed E-state index contributed by atoms with van der Waals surface area (Å²) >= 11 is 0. The van der Waals surface area contributed by atoms with Gasteiger partial charge in [0.15, 0.2) is 0 Å². The third-order valence-electron chi connectivity index (χ3n) is 3.78. The average Bonchev–Trinajstić information content (AvgIpc) is 2.70. The van der Waals surface area contributed by atoms with E-state index in [1.54, 1.807) is 4.68 Å². The fraction of sp³-hybridized carbons (Fsp3) is 0.412. The van der Waals surface area contributed by atoms with Gasteiger partial charge in [0.05, 0.1) is 17.8 Å². The normalized spacial score (nSPS) is 10.6. The van der Waals surface area contributed by atoms with Gasteiger partial charge < -0.3 is 10.1 Å². The predicted molar refractivity (Wildman–Crippen MR) is 86.4 cm³/mol. The van der Waals surface area contributed by atoms with Crippen LogP contribution in [-0.4, -0.2) is 28.8 Å². The highest BCUT2D eigenvalue weighted by Gasteiger charge is 2.16. The van der Waals surface area contributed by atoms with Gasteiger partial charge in [0.2, 0.25) is 0 Å². The number of aromatic nitrogens is 2. The Balaban J connectivity index is 1.90. The van der Waals surface area contributed by atoms with E-state index in [9.17, 15) is 4.79 Å². The quantitative estimate of drug-likeness (QED) is 0.863. The Bertz CT molecular complexity index is 669. The molecule has 22 heavy (non-hydrogen) atoms. The van der Waals surface area contributed by atoms with Gasteiger partial charge in [-0.3, -0.25) is 9.48 Å². The van der Waals surface area contributed by atoms with Gasteiger partial charge in [0.25, 0.3) is 5.91 Å². The number of para-hydroxylation sites is 1. The molecule has 0 spiro atoms. The van der Waals surface area contributed by atoms with Crippen molar-refractivity contribution in [2.45, 2.75) is 27.7 Å². The third kappa shape index (κ3) is 3.30. The molecule has 1 N–H and O–H groups in total. The lowest BCUT2D eigenvalue weighted by Gasteiger charge is -2.12. The molecule has 1 aromatic carbocycles. The van der Waals surface area contributed by atoms with Crippen LogP contribution in [0.5, 0.6) is 5.75 Å². The minimum absolute atomic E-state index is 0.104. The van der Waals surface area contributed by atoms with E-state index in [1.807, 2.05) is 52.9 Å². The molecule has 0 bridgehead atoms. The number of nitrogens with zero attached hydrogens (tertiary/aromatic N) is 2. The molecule has 0 radical (unpaired) electrons. The van der Waals surface area contributed by atoms with Gasteiger partial charge in [0.1, 0.15) is 12.4 Å². The number of aryl methyl sites for hydroxylation is 4. The summed E-state index contributed by atoms with van der Waals surface area (Å²) in [6.07, 6.45) is 0. The molecule has 0 aliphatic heterocycles. The number of carbonyl (C=O) groups excluding carboxylic acids is 1. The van der Waals surface area contributed by atoms with Crippen molar-refractivity contribution in [2.24, 2.45) is 7.05 Å². The molecule has 0 fully saturated rings. The van der Waals surface area contributed by atoms with Crippen molar-refractivity contribution in [1.29, 1.82) is 0 Å². The van der Waals surface area contributed by atoms with Crippen LogP contribution < -0.4 is 10.1 Å². The minimum Gasteiger partial charge on any atom is -0.491 e. The fourth-order valence-corrected chi connectivity index (χ4v) is 2.54. The molecular weight excluding hydrogens is 278 g/mol. The maximum atomic E-state index is 12.2. The molecule has 2 rings (SSSR count). The van der Waals surface area contributed by atoms with Gasteiger partial charge in [0, 0.05) is 12.7 Å². The van der Waals surface area contributed by atoms with E-state index in [-0.39, 0.29) is 5.91 Å². The first-order chi connectivity index (χ1) is 10.4. The Hall–Kier alpha value is -2.30. The Morgan fingerprint density at radius 2 is 1.86 bits per heavy atom. The Kier molecular flexibility index (Phi) is 4.85. The van der Waals surface area contributed by atoms with Crippen LogP contribution in [0.2, 0.25) is 0 Å². The van der Waals surface area contributed by atoms with Crippen molar-refractivity contribution < 1.29 is 9.53 Å². The van der Waals surface area contributed by atoms with Crippen molar-refractivity contribution in [2.75, 3.05) is 13.2 Å². The van der Waals surface area contributed by atoms with E-state index in [0.29, 0.717) is 18.7 Å². The molecule has 1 aromatic heterocycles.